The Hall–Kier alpha value is -3.34. The minimum Gasteiger partial charge on any atom is -0.424 e. The molecule has 130 valence electrons. The van der Waals surface area contributed by atoms with Crippen LogP contribution in [0.15, 0.2) is 71.9 Å². The summed E-state index contributed by atoms with van der Waals surface area (Å²) < 4.78 is 5.51. The van der Waals surface area contributed by atoms with Crippen molar-refractivity contribution < 1.29 is 14.3 Å². The van der Waals surface area contributed by atoms with Gasteiger partial charge in [-0.2, -0.15) is 0 Å². The number of hydrogen-bond acceptors (Lipinski definition) is 4. The third kappa shape index (κ3) is 2.67. The summed E-state index contributed by atoms with van der Waals surface area (Å²) in [6, 6.07) is 8.08. The molecule has 2 aliphatic heterocycles. The van der Waals surface area contributed by atoms with Crippen molar-refractivity contribution in [3.63, 3.8) is 0 Å². The lowest BCUT2D eigenvalue weighted by molar-refractivity contribution is -0.136. The molecule has 0 aromatic heterocycles. The molecular weight excluding hydrogens is 328 g/mol. The van der Waals surface area contributed by atoms with Gasteiger partial charge in [0.25, 0.3) is 0 Å². The molecule has 1 aliphatic carbocycles. The highest BCUT2D eigenvalue weighted by molar-refractivity contribution is 5.83. The van der Waals surface area contributed by atoms with Crippen LogP contribution >= 0.6 is 0 Å². The van der Waals surface area contributed by atoms with Crippen molar-refractivity contribution in [3.8, 4) is 0 Å². The molecule has 1 aromatic carbocycles. The molecule has 5 nitrogen and oxygen atoms in total. The molecule has 0 radical (unpaired) electrons. The first-order chi connectivity index (χ1) is 12.5. The number of nitrogens with zero attached hydrogens (tertiary/aromatic N) is 1. The molecule has 0 unspecified atom stereocenters. The van der Waals surface area contributed by atoms with Crippen LogP contribution in [0.4, 0.5) is 0 Å². The summed E-state index contributed by atoms with van der Waals surface area (Å²) in [5, 5.41) is 4.91. The zero-order chi connectivity index (χ0) is 18.3. The summed E-state index contributed by atoms with van der Waals surface area (Å²) in [5.41, 5.74) is 3.60. The molecule has 4 rings (SSSR count). The first-order valence-corrected chi connectivity index (χ1v) is 8.43. The van der Waals surface area contributed by atoms with Crippen LogP contribution in [0.1, 0.15) is 20.3 Å². The number of nitrogens with one attached hydrogen (secondary N) is 1. The van der Waals surface area contributed by atoms with Gasteiger partial charge >= 0.3 is 5.97 Å². The van der Waals surface area contributed by atoms with E-state index in [1.165, 1.54) is 19.4 Å². The van der Waals surface area contributed by atoms with Crippen LogP contribution in [0.3, 0.4) is 0 Å². The van der Waals surface area contributed by atoms with Crippen LogP contribution in [0.2, 0.25) is 0 Å². The Morgan fingerprint density at radius 3 is 2.65 bits per heavy atom. The standard InChI is InChI=1S/C21H18N2O3/c1-13(24)22-15-11-20(26-14(2)25)21-18-9-4-3-7-16(18)17-8-5-6-10-19(17)23(21)12-15/h3-7,9-12H,8H2,1-2H3,(H,22,24). The lowest BCUT2D eigenvalue weighted by Gasteiger charge is -2.35. The lowest BCUT2D eigenvalue weighted by Crippen LogP contribution is -2.42. The SMILES string of the molecule is CC(=O)NC1=CN2C3=CC=CCC3=c3ccccc3=C2C(OC(C)=O)=C1. The fourth-order valence-corrected chi connectivity index (χ4v) is 3.50. The second kappa shape index (κ2) is 6.19. The van der Waals surface area contributed by atoms with Crippen molar-refractivity contribution in [1.82, 2.24) is 10.2 Å². The van der Waals surface area contributed by atoms with Gasteiger partial charge in [-0.1, -0.05) is 36.4 Å². The summed E-state index contributed by atoms with van der Waals surface area (Å²) in [4.78, 5) is 25.2. The maximum atomic E-state index is 11.7. The fourth-order valence-electron chi connectivity index (χ4n) is 3.50. The van der Waals surface area contributed by atoms with Crippen LogP contribution in [0, 0.1) is 0 Å². The van der Waals surface area contributed by atoms with Gasteiger partial charge in [-0.05, 0) is 23.3 Å². The number of carbonyl (C=O) groups excluding carboxylic acids is 2. The molecule has 0 saturated carbocycles. The van der Waals surface area contributed by atoms with E-state index in [1.54, 1.807) is 6.08 Å². The summed E-state index contributed by atoms with van der Waals surface area (Å²) in [5.74, 6) is -0.166. The number of benzene rings is 1. The Kier molecular flexibility index (Phi) is 3.84. The zero-order valence-electron chi connectivity index (χ0n) is 14.6. The summed E-state index contributed by atoms with van der Waals surface area (Å²) in [6.07, 6.45) is 10.5. The Bertz CT molecular complexity index is 1070. The maximum absolute atomic E-state index is 11.7. The summed E-state index contributed by atoms with van der Waals surface area (Å²) >= 11 is 0. The highest BCUT2D eigenvalue weighted by Gasteiger charge is 2.30. The third-order valence-electron chi connectivity index (χ3n) is 4.39. The normalized spacial score (nSPS) is 17.3. The van der Waals surface area contributed by atoms with E-state index in [0.717, 1.165) is 28.3 Å². The van der Waals surface area contributed by atoms with Gasteiger partial charge in [-0.25, -0.2) is 0 Å². The molecule has 1 N–H and O–H groups in total. The highest BCUT2D eigenvalue weighted by atomic mass is 16.5. The fraction of sp³-hybridized carbons (Fsp3) is 0.143. The first kappa shape index (κ1) is 16.1. The van der Waals surface area contributed by atoms with Gasteiger partial charge in [0.2, 0.25) is 5.91 Å². The van der Waals surface area contributed by atoms with E-state index in [9.17, 15) is 9.59 Å². The van der Waals surface area contributed by atoms with E-state index in [2.05, 4.69) is 17.5 Å². The average molecular weight is 346 g/mol. The Morgan fingerprint density at radius 1 is 1.15 bits per heavy atom. The van der Waals surface area contributed by atoms with Gasteiger partial charge in [0.1, 0.15) is 0 Å². The smallest absolute Gasteiger partial charge is 0.308 e. The predicted molar refractivity (Wildman–Crippen MR) is 97.9 cm³/mol. The topological polar surface area (TPSA) is 58.6 Å². The molecule has 0 atom stereocenters. The predicted octanol–water partition coefficient (Wildman–Crippen LogP) is 1.54. The van der Waals surface area contributed by atoms with E-state index in [4.69, 9.17) is 4.74 Å². The molecule has 0 fully saturated rings. The van der Waals surface area contributed by atoms with Gasteiger partial charge in [-0.3, -0.25) is 9.59 Å². The number of fused-ring (bicyclic) bond motifs is 4. The molecule has 5 heteroatoms. The monoisotopic (exact) mass is 346 g/mol. The number of carbonyl (C=O) groups is 2. The number of amides is 1. The minimum absolute atomic E-state index is 0.183. The van der Waals surface area contributed by atoms with Crippen LogP contribution in [-0.2, 0) is 14.3 Å². The van der Waals surface area contributed by atoms with Gasteiger partial charge < -0.3 is 15.0 Å². The Morgan fingerprint density at radius 2 is 1.92 bits per heavy atom. The summed E-state index contributed by atoms with van der Waals surface area (Å²) in [7, 11) is 0. The van der Waals surface area contributed by atoms with Crippen molar-refractivity contribution in [3.05, 3.63) is 82.4 Å². The summed E-state index contributed by atoms with van der Waals surface area (Å²) in [6.45, 7) is 2.82. The van der Waals surface area contributed by atoms with Crippen LogP contribution < -0.4 is 15.8 Å². The van der Waals surface area contributed by atoms with Crippen molar-refractivity contribution in [2.45, 2.75) is 20.3 Å². The minimum atomic E-state index is -0.405. The third-order valence-corrected chi connectivity index (χ3v) is 4.39. The van der Waals surface area contributed by atoms with E-state index < -0.39 is 5.97 Å². The van der Waals surface area contributed by atoms with Gasteiger partial charge in [0.05, 0.1) is 11.4 Å². The largest absolute Gasteiger partial charge is 0.424 e. The average Bonchev–Trinajstić information content (AvgIpc) is 2.60. The number of ether oxygens (including phenoxy) is 1. The second-order valence-electron chi connectivity index (χ2n) is 6.29. The van der Waals surface area contributed by atoms with Gasteiger partial charge in [0, 0.05) is 37.0 Å². The number of rotatable bonds is 2. The van der Waals surface area contributed by atoms with Gasteiger partial charge in [0.15, 0.2) is 5.76 Å². The van der Waals surface area contributed by atoms with Crippen molar-refractivity contribution in [1.29, 1.82) is 0 Å². The Labute approximate surface area is 150 Å². The Balaban J connectivity index is 2.03. The van der Waals surface area contributed by atoms with Crippen LogP contribution in [-0.4, -0.2) is 16.8 Å². The molecule has 1 aromatic rings. The molecule has 3 aliphatic rings. The molecule has 2 heterocycles. The van der Waals surface area contributed by atoms with E-state index in [1.807, 2.05) is 41.5 Å². The molecule has 0 spiro atoms. The van der Waals surface area contributed by atoms with Gasteiger partial charge in [-0.15, -0.1) is 0 Å². The number of esters is 1. The molecular formula is C21H18N2O3. The zero-order valence-corrected chi connectivity index (χ0v) is 14.6. The maximum Gasteiger partial charge on any atom is 0.308 e. The van der Waals surface area contributed by atoms with Crippen molar-refractivity contribution in [2.24, 2.45) is 0 Å². The van der Waals surface area contributed by atoms with Crippen molar-refractivity contribution >= 4 is 23.1 Å². The first-order valence-electron chi connectivity index (χ1n) is 8.43. The van der Waals surface area contributed by atoms with Crippen LogP contribution in [0.25, 0.3) is 11.3 Å². The van der Waals surface area contributed by atoms with E-state index in [0.29, 0.717) is 11.5 Å². The number of allylic oxidation sites excluding steroid dienone is 5. The lowest BCUT2D eigenvalue weighted by atomic mass is 9.93. The van der Waals surface area contributed by atoms with E-state index >= 15 is 0 Å². The van der Waals surface area contributed by atoms with Crippen molar-refractivity contribution in [2.75, 3.05) is 0 Å². The molecule has 0 saturated heterocycles. The quantitative estimate of drug-likeness (QED) is 0.826. The highest BCUT2D eigenvalue weighted by Crippen LogP contribution is 2.35. The molecule has 26 heavy (non-hydrogen) atoms. The molecule has 0 bridgehead atoms. The second-order valence-corrected chi connectivity index (χ2v) is 6.29. The van der Waals surface area contributed by atoms with E-state index in [-0.39, 0.29) is 5.91 Å². The number of hydrogen-bond donors (Lipinski definition) is 1. The van der Waals surface area contributed by atoms with Crippen LogP contribution in [0.5, 0.6) is 0 Å². The molecule has 1 amide bonds.